The van der Waals surface area contributed by atoms with Crippen LogP contribution in [0.25, 0.3) is 21.8 Å². The first-order valence-electron chi connectivity index (χ1n) is 12.5. The van der Waals surface area contributed by atoms with Gasteiger partial charge >= 0.3 is 16.2 Å². The third kappa shape index (κ3) is 6.28. The standard InChI is InChI=1S/C28H27FN2O7S2/c1-20-13-15-21(16-14-20)40(37,38)31(18-6-12-26(32)33)28(34)27-22-8-2-4-10-24(22)30(17-7-19-39(29,35)36)25-11-5-3-9-23(25)27/h2-5,8-11,13-16H,6-7,12,17-19H2,1H3/p+1. The Balaban J connectivity index is 1.91. The number of aromatic nitrogens is 1. The average Bonchev–Trinajstić information content (AvgIpc) is 2.90. The number of rotatable bonds is 11. The molecule has 0 aliphatic rings. The molecule has 4 aromatic rings. The van der Waals surface area contributed by atoms with Crippen molar-refractivity contribution >= 4 is 53.9 Å². The lowest BCUT2D eigenvalue weighted by Gasteiger charge is -2.24. The Morgan fingerprint density at radius 1 is 0.850 bits per heavy atom. The number of aryl methyl sites for hydroxylation is 2. The third-order valence-corrected chi connectivity index (χ3v) is 9.07. The summed E-state index contributed by atoms with van der Waals surface area (Å²) in [6, 6.07) is 19.6. The molecule has 1 amide bonds. The maximum Gasteiger partial charge on any atom is 0.303 e. The van der Waals surface area contributed by atoms with Crippen molar-refractivity contribution in [3.8, 4) is 0 Å². The summed E-state index contributed by atoms with van der Waals surface area (Å²) in [6.07, 6.45) is -0.443. The van der Waals surface area contributed by atoms with Crippen LogP contribution in [0.15, 0.2) is 77.7 Å². The number of amides is 1. The van der Waals surface area contributed by atoms with E-state index in [0.29, 0.717) is 21.8 Å². The number of sulfonamides is 1. The van der Waals surface area contributed by atoms with E-state index >= 15 is 0 Å². The van der Waals surface area contributed by atoms with Gasteiger partial charge < -0.3 is 5.11 Å². The van der Waals surface area contributed by atoms with Gasteiger partial charge in [0, 0.05) is 31.5 Å². The van der Waals surface area contributed by atoms with Gasteiger partial charge in [0.05, 0.1) is 27.0 Å². The molecule has 0 fully saturated rings. The predicted molar refractivity (Wildman–Crippen MR) is 147 cm³/mol. The number of carboxylic acids is 1. The van der Waals surface area contributed by atoms with Gasteiger partial charge in [-0.1, -0.05) is 42.0 Å². The Labute approximate surface area is 231 Å². The molecule has 12 heteroatoms. The van der Waals surface area contributed by atoms with Crippen LogP contribution in [0.1, 0.15) is 35.2 Å². The molecule has 210 valence electrons. The van der Waals surface area contributed by atoms with E-state index in [4.69, 9.17) is 5.11 Å². The van der Waals surface area contributed by atoms with Crippen LogP contribution in [0.4, 0.5) is 3.89 Å². The zero-order chi connectivity index (χ0) is 29.1. The van der Waals surface area contributed by atoms with Crippen molar-refractivity contribution in [2.75, 3.05) is 12.3 Å². The van der Waals surface area contributed by atoms with Gasteiger partial charge in [-0.05, 0) is 37.6 Å². The summed E-state index contributed by atoms with van der Waals surface area (Å²) in [5.41, 5.74) is 1.98. The lowest BCUT2D eigenvalue weighted by molar-refractivity contribution is -0.645. The van der Waals surface area contributed by atoms with E-state index in [9.17, 15) is 30.3 Å². The molecule has 40 heavy (non-hydrogen) atoms. The van der Waals surface area contributed by atoms with Crippen LogP contribution in [0.2, 0.25) is 0 Å². The van der Waals surface area contributed by atoms with Gasteiger partial charge in [-0.3, -0.25) is 9.59 Å². The zero-order valence-electron chi connectivity index (χ0n) is 21.7. The lowest BCUT2D eigenvalue weighted by atomic mass is 10.0. The fraction of sp³-hybridized carbons (Fsp3) is 0.250. The Kier molecular flexibility index (Phi) is 8.50. The van der Waals surface area contributed by atoms with Crippen LogP contribution in [-0.4, -0.2) is 50.4 Å². The number of carbonyl (C=O) groups excluding carboxylic acids is 1. The van der Waals surface area contributed by atoms with Gasteiger partial charge in [0.15, 0.2) is 6.54 Å². The first-order valence-corrected chi connectivity index (χ1v) is 15.5. The molecular weight excluding hydrogens is 559 g/mol. The van der Waals surface area contributed by atoms with Crippen molar-refractivity contribution < 1.29 is 40.0 Å². The number of carbonyl (C=O) groups is 2. The fourth-order valence-electron chi connectivity index (χ4n) is 4.65. The summed E-state index contributed by atoms with van der Waals surface area (Å²) in [5.74, 6) is -2.61. The number of halogens is 1. The number of hydrogen-bond acceptors (Lipinski definition) is 6. The van der Waals surface area contributed by atoms with Gasteiger partial charge in [-0.25, -0.2) is 12.7 Å². The minimum atomic E-state index is -4.68. The summed E-state index contributed by atoms with van der Waals surface area (Å²) in [4.78, 5) is 25.3. The second kappa shape index (κ2) is 11.7. The summed E-state index contributed by atoms with van der Waals surface area (Å²) in [7, 11) is -9.04. The van der Waals surface area contributed by atoms with E-state index in [1.54, 1.807) is 72.2 Å². The molecule has 3 aromatic carbocycles. The molecule has 0 saturated carbocycles. The highest BCUT2D eigenvalue weighted by Crippen LogP contribution is 2.29. The normalized spacial score (nSPS) is 12.1. The Hall–Kier alpha value is -3.90. The van der Waals surface area contributed by atoms with E-state index in [1.807, 2.05) is 0 Å². The summed E-state index contributed by atoms with van der Waals surface area (Å²) in [5, 5.41) is 9.98. The van der Waals surface area contributed by atoms with Crippen LogP contribution in [-0.2, 0) is 31.6 Å². The molecule has 4 rings (SSSR count). The third-order valence-electron chi connectivity index (χ3n) is 6.50. The fourth-order valence-corrected chi connectivity index (χ4v) is 6.54. The molecule has 1 aromatic heterocycles. The van der Waals surface area contributed by atoms with Crippen LogP contribution in [0.3, 0.4) is 0 Å². The van der Waals surface area contributed by atoms with Gasteiger partial charge in [0.25, 0.3) is 15.9 Å². The summed E-state index contributed by atoms with van der Waals surface area (Å²) >= 11 is 0. The maximum atomic E-state index is 14.3. The first kappa shape index (κ1) is 29.1. The van der Waals surface area contributed by atoms with Crippen LogP contribution in [0.5, 0.6) is 0 Å². The number of fused-ring (bicyclic) bond motifs is 2. The first-order chi connectivity index (χ1) is 18.9. The van der Waals surface area contributed by atoms with E-state index < -0.39 is 37.9 Å². The number of nitrogens with zero attached hydrogens (tertiary/aromatic N) is 2. The molecule has 1 N–H and O–H groups in total. The molecular formula is C28H28FN2O7S2+. The Morgan fingerprint density at radius 3 is 1.93 bits per heavy atom. The van der Waals surface area contributed by atoms with Crippen LogP contribution in [0, 0.1) is 6.92 Å². The lowest BCUT2D eigenvalue weighted by Crippen LogP contribution is -2.40. The van der Waals surface area contributed by atoms with Crippen molar-refractivity contribution in [3.63, 3.8) is 0 Å². The zero-order valence-corrected chi connectivity index (χ0v) is 23.3. The van der Waals surface area contributed by atoms with Crippen LogP contribution < -0.4 is 4.57 Å². The highest BCUT2D eigenvalue weighted by atomic mass is 32.3. The van der Waals surface area contributed by atoms with Crippen molar-refractivity contribution in [2.45, 2.75) is 37.6 Å². The van der Waals surface area contributed by atoms with Crippen molar-refractivity contribution in [1.29, 1.82) is 0 Å². The smallest absolute Gasteiger partial charge is 0.303 e. The van der Waals surface area contributed by atoms with Crippen LogP contribution >= 0.6 is 0 Å². The van der Waals surface area contributed by atoms with Gasteiger partial charge in [0.1, 0.15) is 0 Å². The molecule has 0 unspecified atom stereocenters. The van der Waals surface area contributed by atoms with Gasteiger partial charge in [0.2, 0.25) is 11.0 Å². The predicted octanol–water partition coefficient (Wildman–Crippen LogP) is 3.97. The molecule has 0 saturated heterocycles. The second-order valence-electron chi connectivity index (χ2n) is 9.35. The minimum absolute atomic E-state index is 0.0199. The SMILES string of the molecule is Cc1ccc(S(=O)(=O)N(CCCC(=O)O)C(=O)c2c3ccccc3[n+](CCCS(=O)(=O)F)c3ccccc23)cc1. The Morgan fingerprint density at radius 2 is 1.40 bits per heavy atom. The monoisotopic (exact) mass is 587 g/mol. The topological polar surface area (TPSA) is 130 Å². The number of pyridine rings is 1. The molecule has 9 nitrogen and oxygen atoms in total. The van der Waals surface area contributed by atoms with Gasteiger partial charge in [-0.2, -0.15) is 13.0 Å². The van der Waals surface area contributed by atoms with E-state index in [-0.39, 0.29) is 42.8 Å². The minimum Gasteiger partial charge on any atom is -0.481 e. The number of benzene rings is 3. The molecule has 0 bridgehead atoms. The average molecular weight is 588 g/mol. The number of carboxylic acid groups (broad SMARTS) is 1. The molecule has 0 radical (unpaired) electrons. The van der Waals surface area contributed by atoms with Crippen molar-refractivity contribution in [1.82, 2.24) is 4.31 Å². The molecule has 1 heterocycles. The second-order valence-corrected chi connectivity index (χ2v) is 12.7. The maximum absolute atomic E-state index is 14.3. The van der Waals surface area contributed by atoms with E-state index in [0.717, 1.165) is 9.87 Å². The quantitative estimate of drug-likeness (QED) is 0.160. The highest BCUT2D eigenvalue weighted by molar-refractivity contribution is 7.89. The Bertz CT molecular complexity index is 1750. The number of hydrogen-bond donors (Lipinski definition) is 1. The number of aliphatic carboxylic acids is 1. The van der Waals surface area contributed by atoms with Crippen molar-refractivity contribution in [2.24, 2.45) is 0 Å². The summed E-state index contributed by atoms with van der Waals surface area (Å²) in [6.45, 7) is 1.57. The van der Waals surface area contributed by atoms with E-state index in [2.05, 4.69) is 0 Å². The molecule has 0 spiro atoms. The largest absolute Gasteiger partial charge is 0.481 e. The van der Waals surface area contributed by atoms with Gasteiger partial charge in [-0.15, -0.1) is 3.89 Å². The van der Waals surface area contributed by atoms with Crippen molar-refractivity contribution in [3.05, 3.63) is 83.9 Å². The highest BCUT2D eigenvalue weighted by Gasteiger charge is 2.34. The molecule has 0 aliphatic heterocycles. The summed E-state index contributed by atoms with van der Waals surface area (Å²) < 4.78 is 65.5. The number of para-hydroxylation sites is 2. The molecule has 0 aliphatic carbocycles. The van der Waals surface area contributed by atoms with E-state index in [1.165, 1.54) is 12.1 Å². The molecule has 0 atom stereocenters.